The summed E-state index contributed by atoms with van der Waals surface area (Å²) in [6, 6.07) is 5.31. The van der Waals surface area contributed by atoms with Crippen LogP contribution in [0.1, 0.15) is 48.0 Å². The monoisotopic (exact) mass is 353 g/mol. The van der Waals surface area contributed by atoms with E-state index in [1.807, 2.05) is 11.0 Å². The molecule has 1 aliphatic rings. The van der Waals surface area contributed by atoms with Gasteiger partial charge in [-0.1, -0.05) is 34.8 Å². The van der Waals surface area contributed by atoms with Gasteiger partial charge in [0.25, 0.3) is 5.91 Å². The summed E-state index contributed by atoms with van der Waals surface area (Å²) in [5, 5.41) is 0. The number of hydrazine groups is 1. The molecule has 2 rings (SSSR count). The molecule has 6 heteroatoms. The summed E-state index contributed by atoms with van der Waals surface area (Å²) in [6.07, 6.45) is 4.99. The molecule has 114 valence electrons. The molecule has 0 unspecified atom stereocenters. The van der Waals surface area contributed by atoms with E-state index >= 15 is 0 Å². The molecule has 0 spiro atoms. The van der Waals surface area contributed by atoms with Crippen LogP contribution in [-0.4, -0.2) is 23.3 Å². The quantitative estimate of drug-likeness (QED) is 0.497. The average molecular weight is 354 g/mol. The maximum absolute atomic E-state index is 12.1. The molecule has 3 N–H and O–H groups in total. The SMILES string of the molecule is NNC(=O)c1ccc(CN2CCCCCCC2=O)c(Br)c1. The first-order valence-corrected chi connectivity index (χ1v) is 7.98. The van der Waals surface area contributed by atoms with Crippen LogP contribution in [0.25, 0.3) is 0 Å². The maximum atomic E-state index is 12.1. The van der Waals surface area contributed by atoms with Crippen molar-refractivity contribution in [3.63, 3.8) is 0 Å². The Morgan fingerprint density at radius 2 is 2.05 bits per heavy atom. The van der Waals surface area contributed by atoms with Crippen molar-refractivity contribution in [3.05, 3.63) is 33.8 Å². The third-order valence-corrected chi connectivity index (χ3v) is 4.47. The molecule has 2 amide bonds. The summed E-state index contributed by atoms with van der Waals surface area (Å²) in [7, 11) is 0. The van der Waals surface area contributed by atoms with Gasteiger partial charge in [0.2, 0.25) is 5.91 Å². The zero-order chi connectivity index (χ0) is 15.2. The zero-order valence-corrected chi connectivity index (χ0v) is 13.5. The first-order chi connectivity index (χ1) is 10.1. The lowest BCUT2D eigenvalue weighted by Crippen LogP contribution is -2.32. The Hall–Kier alpha value is -1.40. The van der Waals surface area contributed by atoms with Crippen molar-refractivity contribution >= 4 is 27.7 Å². The molecular formula is C15H20BrN3O2. The van der Waals surface area contributed by atoms with Gasteiger partial charge in [-0.15, -0.1) is 0 Å². The number of benzene rings is 1. The van der Waals surface area contributed by atoms with Crippen molar-refractivity contribution in [1.29, 1.82) is 0 Å². The lowest BCUT2D eigenvalue weighted by molar-refractivity contribution is -0.132. The molecule has 1 fully saturated rings. The van der Waals surface area contributed by atoms with Crippen LogP contribution < -0.4 is 11.3 Å². The predicted molar refractivity (Wildman–Crippen MR) is 84.3 cm³/mol. The second-order valence-electron chi connectivity index (χ2n) is 5.26. The molecular weight excluding hydrogens is 334 g/mol. The minimum Gasteiger partial charge on any atom is -0.338 e. The highest BCUT2D eigenvalue weighted by Gasteiger charge is 2.17. The van der Waals surface area contributed by atoms with Gasteiger partial charge in [-0.05, 0) is 30.5 Å². The van der Waals surface area contributed by atoms with E-state index in [9.17, 15) is 9.59 Å². The molecule has 0 atom stereocenters. The van der Waals surface area contributed by atoms with E-state index in [1.165, 1.54) is 6.42 Å². The highest BCUT2D eigenvalue weighted by molar-refractivity contribution is 9.10. The minimum atomic E-state index is -0.329. The van der Waals surface area contributed by atoms with Crippen LogP contribution in [0.15, 0.2) is 22.7 Å². The van der Waals surface area contributed by atoms with Crippen LogP contribution in [0.5, 0.6) is 0 Å². The Kier molecular flexibility index (Phi) is 5.76. The van der Waals surface area contributed by atoms with Gasteiger partial charge in [0, 0.05) is 29.5 Å². The van der Waals surface area contributed by atoms with E-state index < -0.39 is 0 Å². The molecule has 0 radical (unpaired) electrons. The average Bonchev–Trinajstić information content (AvgIpc) is 2.47. The predicted octanol–water partition coefficient (Wildman–Crippen LogP) is 2.35. The van der Waals surface area contributed by atoms with E-state index in [4.69, 9.17) is 5.84 Å². The standard InChI is InChI=1S/C15H20BrN3O2/c16-13-9-11(15(21)18-17)6-7-12(13)10-19-8-4-2-1-3-5-14(19)20/h6-7,9H,1-5,8,10,17H2,(H,18,21). The third-order valence-electron chi connectivity index (χ3n) is 3.73. The topological polar surface area (TPSA) is 75.4 Å². The Balaban J connectivity index is 2.10. The van der Waals surface area contributed by atoms with Gasteiger partial charge in [0.15, 0.2) is 0 Å². The number of nitrogens with zero attached hydrogens (tertiary/aromatic N) is 1. The fourth-order valence-electron chi connectivity index (χ4n) is 2.49. The fourth-order valence-corrected chi connectivity index (χ4v) is 2.99. The maximum Gasteiger partial charge on any atom is 0.265 e. The second-order valence-corrected chi connectivity index (χ2v) is 6.11. The Morgan fingerprint density at radius 1 is 1.29 bits per heavy atom. The van der Waals surface area contributed by atoms with Crippen molar-refractivity contribution in [2.45, 2.75) is 38.6 Å². The smallest absolute Gasteiger partial charge is 0.265 e. The normalized spacial score (nSPS) is 16.3. The number of carbonyl (C=O) groups excluding carboxylic acids is 2. The van der Waals surface area contributed by atoms with Crippen molar-refractivity contribution < 1.29 is 9.59 Å². The molecule has 5 nitrogen and oxygen atoms in total. The van der Waals surface area contributed by atoms with Crippen LogP contribution in [0.3, 0.4) is 0 Å². The van der Waals surface area contributed by atoms with Crippen LogP contribution >= 0.6 is 15.9 Å². The summed E-state index contributed by atoms with van der Waals surface area (Å²) >= 11 is 3.47. The summed E-state index contributed by atoms with van der Waals surface area (Å²) in [5.41, 5.74) is 3.60. The number of nitrogen functional groups attached to an aromatic ring is 1. The second kappa shape index (κ2) is 7.56. The van der Waals surface area contributed by atoms with Crippen LogP contribution in [-0.2, 0) is 11.3 Å². The van der Waals surface area contributed by atoms with Crippen molar-refractivity contribution in [1.82, 2.24) is 10.3 Å². The number of hydrogen-bond acceptors (Lipinski definition) is 3. The van der Waals surface area contributed by atoms with E-state index in [-0.39, 0.29) is 11.8 Å². The van der Waals surface area contributed by atoms with Gasteiger partial charge in [-0.2, -0.15) is 0 Å². The summed E-state index contributed by atoms with van der Waals surface area (Å²) in [5.74, 6) is 5.01. The Bertz CT molecular complexity index is 534. The molecule has 0 bridgehead atoms. The highest BCUT2D eigenvalue weighted by atomic mass is 79.9. The molecule has 1 heterocycles. The Labute approximate surface area is 133 Å². The van der Waals surface area contributed by atoms with Gasteiger partial charge < -0.3 is 4.90 Å². The molecule has 0 aromatic heterocycles. The van der Waals surface area contributed by atoms with Crippen molar-refractivity contribution in [3.8, 4) is 0 Å². The molecule has 1 aromatic rings. The molecule has 1 aromatic carbocycles. The van der Waals surface area contributed by atoms with Crippen LogP contribution in [0.4, 0.5) is 0 Å². The van der Waals surface area contributed by atoms with Gasteiger partial charge in [-0.3, -0.25) is 15.0 Å². The molecule has 0 aliphatic carbocycles. The first kappa shape index (κ1) is 16.0. The number of halogens is 1. The number of likely N-dealkylation sites (tertiary alicyclic amines) is 1. The number of nitrogens with two attached hydrogens (primary N) is 1. The summed E-state index contributed by atoms with van der Waals surface area (Å²) in [4.78, 5) is 25.5. The van der Waals surface area contributed by atoms with Crippen molar-refractivity contribution in [2.75, 3.05) is 6.54 Å². The minimum absolute atomic E-state index is 0.213. The zero-order valence-electron chi connectivity index (χ0n) is 11.9. The number of nitrogens with one attached hydrogen (secondary N) is 1. The van der Waals surface area contributed by atoms with E-state index in [0.29, 0.717) is 18.5 Å². The van der Waals surface area contributed by atoms with Gasteiger partial charge in [0.1, 0.15) is 0 Å². The van der Waals surface area contributed by atoms with Gasteiger partial charge in [0.05, 0.1) is 0 Å². The largest absolute Gasteiger partial charge is 0.338 e. The highest BCUT2D eigenvalue weighted by Crippen LogP contribution is 2.22. The van der Waals surface area contributed by atoms with Crippen LogP contribution in [0, 0.1) is 0 Å². The molecule has 1 saturated heterocycles. The number of hydrogen-bond donors (Lipinski definition) is 2. The number of carbonyl (C=O) groups is 2. The fraction of sp³-hybridized carbons (Fsp3) is 0.467. The molecule has 0 saturated carbocycles. The molecule has 1 aliphatic heterocycles. The van der Waals surface area contributed by atoms with E-state index in [2.05, 4.69) is 21.4 Å². The molecule has 21 heavy (non-hydrogen) atoms. The number of amides is 2. The lowest BCUT2D eigenvalue weighted by Gasteiger charge is -2.25. The third kappa shape index (κ3) is 4.28. The number of rotatable bonds is 3. The first-order valence-electron chi connectivity index (χ1n) is 7.19. The van der Waals surface area contributed by atoms with Crippen LogP contribution in [0.2, 0.25) is 0 Å². The van der Waals surface area contributed by atoms with Gasteiger partial charge in [-0.25, -0.2) is 5.84 Å². The van der Waals surface area contributed by atoms with Crippen molar-refractivity contribution in [2.24, 2.45) is 5.84 Å². The summed E-state index contributed by atoms with van der Waals surface area (Å²) < 4.78 is 0.818. The summed E-state index contributed by atoms with van der Waals surface area (Å²) in [6.45, 7) is 1.38. The van der Waals surface area contributed by atoms with E-state index in [0.717, 1.165) is 35.8 Å². The Morgan fingerprint density at radius 3 is 2.76 bits per heavy atom. The van der Waals surface area contributed by atoms with Gasteiger partial charge >= 0.3 is 0 Å². The lowest BCUT2D eigenvalue weighted by atomic mass is 10.1. The van der Waals surface area contributed by atoms with E-state index in [1.54, 1.807) is 12.1 Å².